The minimum atomic E-state index is -1.28. The molecular formula is C13H16FNO2S. The van der Waals surface area contributed by atoms with Gasteiger partial charge in [0.05, 0.1) is 0 Å². The van der Waals surface area contributed by atoms with Gasteiger partial charge in [0.2, 0.25) is 0 Å². The quantitative estimate of drug-likeness (QED) is 0.878. The molecule has 1 fully saturated rings. The van der Waals surface area contributed by atoms with E-state index in [1.165, 1.54) is 6.07 Å². The Kier molecular flexibility index (Phi) is 4.24. The molecule has 0 aliphatic carbocycles. The van der Waals surface area contributed by atoms with E-state index >= 15 is 0 Å². The number of rotatable bonds is 3. The van der Waals surface area contributed by atoms with Crippen LogP contribution in [-0.4, -0.2) is 28.1 Å². The maximum atomic E-state index is 13.4. The second-order valence-electron chi connectivity index (χ2n) is 4.42. The Hall–Kier alpha value is -1.07. The van der Waals surface area contributed by atoms with Crippen molar-refractivity contribution in [1.82, 2.24) is 5.32 Å². The molecule has 18 heavy (non-hydrogen) atoms. The molecule has 2 rings (SSSR count). The van der Waals surface area contributed by atoms with Crippen LogP contribution in [0.1, 0.15) is 18.4 Å². The van der Waals surface area contributed by atoms with Crippen LogP contribution >= 0.6 is 11.8 Å². The number of amides is 1. The summed E-state index contributed by atoms with van der Waals surface area (Å²) in [7, 11) is 0. The predicted molar refractivity (Wildman–Crippen MR) is 69.8 cm³/mol. The number of hydrogen-bond donors (Lipinski definition) is 2. The number of halogens is 1. The maximum absolute atomic E-state index is 13.4. The lowest BCUT2D eigenvalue weighted by molar-refractivity contribution is -0.140. The minimum Gasteiger partial charge on any atom is -0.380 e. The van der Waals surface area contributed by atoms with E-state index in [1.807, 2.05) is 0 Å². The second-order valence-corrected chi connectivity index (χ2v) is 5.64. The first kappa shape index (κ1) is 13.4. The van der Waals surface area contributed by atoms with E-state index < -0.39 is 11.5 Å². The SMILES string of the molecule is O=C(NCc1ccccc1F)C1(O)CCSCC1. The molecule has 1 aromatic carbocycles. The van der Waals surface area contributed by atoms with Crippen LogP contribution in [0.5, 0.6) is 0 Å². The lowest BCUT2D eigenvalue weighted by Gasteiger charge is -2.30. The monoisotopic (exact) mass is 269 g/mol. The van der Waals surface area contributed by atoms with Gasteiger partial charge in [-0.25, -0.2) is 4.39 Å². The zero-order valence-corrected chi connectivity index (χ0v) is 10.8. The second kappa shape index (κ2) is 5.71. The molecule has 0 spiro atoms. The lowest BCUT2D eigenvalue weighted by atomic mass is 9.95. The van der Waals surface area contributed by atoms with E-state index in [4.69, 9.17) is 0 Å². The van der Waals surface area contributed by atoms with Crippen LogP contribution in [0, 0.1) is 5.82 Å². The Morgan fingerprint density at radius 1 is 1.39 bits per heavy atom. The Morgan fingerprint density at radius 3 is 2.72 bits per heavy atom. The number of benzene rings is 1. The van der Waals surface area contributed by atoms with Crippen LogP contribution in [0.4, 0.5) is 4.39 Å². The topological polar surface area (TPSA) is 49.3 Å². The van der Waals surface area contributed by atoms with Gasteiger partial charge in [0.15, 0.2) is 0 Å². The average Bonchev–Trinajstić information content (AvgIpc) is 2.38. The van der Waals surface area contributed by atoms with E-state index in [0.29, 0.717) is 18.4 Å². The van der Waals surface area contributed by atoms with Crippen molar-refractivity contribution in [3.63, 3.8) is 0 Å². The molecule has 1 aromatic rings. The maximum Gasteiger partial charge on any atom is 0.252 e. The standard InChI is InChI=1S/C13H16FNO2S/c14-11-4-2-1-3-10(11)9-15-12(16)13(17)5-7-18-8-6-13/h1-4,17H,5-9H2,(H,15,16). The first-order valence-corrected chi connectivity index (χ1v) is 7.09. The fourth-order valence-electron chi connectivity index (χ4n) is 1.92. The van der Waals surface area contributed by atoms with E-state index in [1.54, 1.807) is 30.0 Å². The third kappa shape index (κ3) is 3.03. The molecule has 3 nitrogen and oxygen atoms in total. The lowest BCUT2D eigenvalue weighted by Crippen LogP contribution is -2.48. The van der Waals surface area contributed by atoms with Gasteiger partial charge in [-0.3, -0.25) is 4.79 Å². The Bertz CT molecular complexity index is 433. The van der Waals surface area contributed by atoms with Crippen molar-refractivity contribution in [2.24, 2.45) is 0 Å². The highest BCUT2D eigenvalue weighted by molar-refractivity contribution is 7.99. The number of carbonyl (C=O) groups is 1. The number of carbonyl (C=O) groups excluding carboxylic acids is 1. The molecule has 0 bridgehead atoms. The molecule has 0 atom stereocenters. The molecule has 98 valence electrons. The van der Waals surface area contributed by atoms with Gasteiger partial charge in [-0.05, 0) is 30.4 Å². The molecule has 0 aromatic heterocycles. The summed E-state index contributed by atoms with van der Waals surface area (Å²) in [4.78, 5) is 11.9. The molecule has 1 heterocycles. The van der Waals surface area contributed by atoms with E-state index in [2.05, 4.69) is 5.32 Å². The molecule has 0 unspecified atom stereocenters. The van der Waals surface area contributed by atoms with Gasteiger partial charge < -0.3 is 10.4 Å². The van der Waals surface area contributed by atoms with E-state index in [9.17, 15) is 14.3 Å². The first-order chi connectivity index (χ1) is 8.62. The summed E-state index contributed by atoms with van der Waals surface area (Å²) < 4.78 is 13.4. The van der Waals surface area contributed by atoms with Crippen LogP contribution in [0.15, 0.2) is 24.3 Å². The molecule has 0 saturated carbocycles. The first-order valence-electron chi connectivity index (χ1n) is 5.94. The van der Waals surface area contributed by atoms with Gasteiger partial charge in [-0.15, -0.1) is 0 Å². The molecule has 1 aliphatic heterocycles. The molecule has 1 aliphatic rings. The summed E-state index contributed by atoms with van der Waals surface area (Å²) in [5.41, 5.74) is -0.851. The van der Waals surface area contributed by atoms with Crippen LogP contribution in [-0.2, 0) is 11.3 Å². The van der Waals surface area contributed by atoms with Crippen LogP contribution in [0.3, 0.4) is 0 Å². The van der Waals surface area contributed by atoms with Gasteiger partial charge in [0.25, 0.3) is 5.91 Å². The molecule has 1 amide bonds. The summed E-state index contributed by atoms with van der Waals surface area (Å²) in [6.45, 7) is 0.112. The van der Waals surface area contributed by atoms with Gasteiger partial charge in [-0.2, -0.15) is 11.8 Å². The summed E-state index contributed by atoms with van der Waals surface area (Å²) in [5, 5.41) is 12.8. The summed E-state index contributed by atoms with van der Waals surface area (Å²) in [6, 6.07) is 6.30. The highest BCUT2D eigenvalue weighted by atomic mass is 32.2. The fourth-order valence-corrected chi connectivity index (χ4v) is 3.09. The zero-order valence-electron chi connectivity index (χ0n) is 9.99. The molecule has 1 saturated heterocycles. The van der Waals surface area contributed by atoms with E-state index in [0.717, 1.165) is 11.5 Å². The van der Waals surface area contributed by atoms with Crippen molar-refractivity contribution < 1.29 is 14.3 Å². The third-order valence-corrected chi connectivity index (χ3v) is 4.13. The largest absolute Gasteiger partial charge is 0.380 e. The van der Waals surface area contributed by atoms with Crippen molar-refractivity contribution in [2.75, 3.05) is 11.5 Å². The van der Waals surface area contributed by atoms with Crippen LogP contribution < -0.4 is 5.32 Å². The average molecular weight is 269 g/mol. The summed E-state index contributed by atoms with van der Waals surface area (Å²) in [5.74, 6) is 0.822. The Labute approximate surface area is 110 Å². The number of nitrogens with one attached hydrogen (secondary N) is 1. The minimum absolute atomic E-state index is 0.112. The van der Waals surface area contributed by atoms with Crippen LogP contribution in [0.25, 0.3) is 0 Å². The molecular weight excluding hydrogens is 253 g/mol. The number of thioether (sulfide) groups is 1. The van der Waals surface area contributed by atoms with Gasteiger partial charge in [0, 0.05) is 12.1 Å². The summed E-state index contributed by atoms with van der Waals surface area (Å²) in [6.07, 6.45) is 0.918. The van der Waals surface area contributed by atoms with Gasteiger partial charge >= 0.3 is 0 Å². The molecule has 2 N–H and O–H groups in total. The Morgan fingerprint density at radius 2 is 2.06 bits per heavy atom. The smallest absolute Gasteiger partial charge is 0.252 e. The Balaban J connectivity index is 1.94. The van der Waals surface area contributed by atoms with Crippen molar-refractivity contribution in [1.29, 1.82) is 0 Å². The number of hydrogen-bond acceptors (Lipinski definition) is 3. The van der Waals surface area contributed by atoms with Crippen molar-refractivity contribution in [3.05, 3.63) is 35.6 Å². The van der Waals surface area contributed by atoms with Gasteiger partial charge in [-0.1, -0.05) is 18.2 Å². The van der Waals surface area contributed by atoms with Crippen molar-refractivity contribution in [3.8, 4) is 0 Å². The van der Waals surface area contributed by atoms with Crippen molar-refractivity contribution in [2.45, 2.75) is 25.0 Å². The summed E-state index contributed by atoms with van der Waals surface area (Å²) >= 11 is 1.73. The predicted octanol–water partition coefficient (Wildman–Crippen LogP) is 1.70. The van der Waals surface area contributed by atoms with Gasteiger partial charge in [0.1, 0.15) is 11.4 Å². The van der Waals surface area contributed by atoms with E-state index in [-0.39, 0.29) is 12.4 Å². The highest BCUT2D eigenvalue weighted by Gasteiger charge is 2.37. The molecule has 5 heteroatoms. The number of aliphatic hydroxyl groups is 1. The molecule has 0 radical (unpaired) electrons. The normalized spacial score (nSPS) is 18.3. The van der Waals surface area contributed by atoms with Crippen LogP contribution in [0.2, 0.25) is 0 Å². The zero-order chi connectivity index (χ0) is 13.0. The third-order valence-electron chi connectivity index (χ3n) is 3.14. The highest BCUT2D eigenvalue weighted by Crippen LogP contribution is 2.27. The fraction of sp³-hybridized carbons (Fsp3) is 0.462. The van der Waals surface area contributed by atoms with Crippen molar-refractivity contribution >= 4 is 17.7 Å².